The van der Waals surface area contributed by atoms with Crippen molar-refractivity contribution in [3.8, 4) is 0 Å². The van der Waals surface area contributed by atoms with E-state index in [4.69, 9.17) is 9.47 Å². The van der Waals surface area contributed by atoms with Gasteiger partial charge in [-0.1, -0.05) is 187 Å². The summed E-state index contributed by atoms with van der Waals surface area (Å²) in [7, 11) is 0. The first kappa shape index (κ1) is 51.9. The Kier molecular flexibility index (Phi) is 35.2. The minimum absolute atomic E-state index is 0.146. The van der Waals surface area contributed by atoms with Gasteiger partial charge in [0.15, 0.2) is 6.29 Å². The number of aliphatic hydroxyl groups excluding tert-OH is 5. The van der Waals surface area contributed by atoms with Gasteiger partial charge in [0.25, 0.3) is 0 Å². The molecule has 6 N–H and O–H groups in total. The normalized spacial score (nSPS) is 21.3. The minimum Gasteiger partial charge on any atom is -0.394 e. The maximum atomic E-state index is 12.9. The number of nitrogens with one attached hydrogen (secondary N) is 1. The molecular formula is C46H89NO8. The summed E-state index contributed by atoms with van der Waals surface area (Å²) in [5, 5.41) is 54.2. The zero-order valence-corrected chi connectivity index (χ0v) is 35.7. The lowest BCUT2D eigenvalue weighted by Gasteiger charge is -2.40. The zero-order chi connectivity index (χ0) is 40.2. The topological polar surface area (TPSA) is 149 Å². The van der Waals surface area contributed by atoms with Gasteiger partial charge >= 0.3 is 0 Å². The Bertz CT molecular complexity index is 873. The van der Waals surface area contributed by atoms with Crippen LogP contribution < -0.4 is 5.32 Å². The molecule has 7 atom stereocenters. The van der Waals surface area contributed by atoms with Gasteiger partial charge in [0.05, 0.1) is 25.4 Å². The molecule has 0 bridgehead atoms. The summed E-state index contributed by atoms with van der Waals surface area (Å²) in [6.07, 6.45) is 35.2. The number of allylic oxidation sites excluding steroid dienone is 2. The van der Waals surface area contributed by atoms with E-state index in [0.29, 0.717) is 12.8 Å². The van der Waals surface area contributed by atoms with Crippen molar-refractivity contribution in [2.24, 2.45) is 0 Å². The summed E-state index contributed by atoms with van der Waals surface area (Å²) in [4.78, 5) is 12.9. The predicted octanol–water partition coefficient (Wildman–Crippen LogP) is 9.73. The maximum Gasteiger partial charge on any atom is 0.220 e. The molecule has 326 valence electrons. The molecule has 1 fully saturated rings. The molecule has 1 aliphatic rings. The molecule has 0 aromatic rings. The standard InChI is InChI=1S/C46H89NO8/c1-3-5-7-9-11-13-15-16-17-18-19-20-21-22-23-24-25-26-28-30-32-34-36-42(50)47-39(38-54-46-45(53)44(52)43(51)41(37-48)55-46)40(49)35-33-31-29-27-14-12-10-8-6-4-2/h14,27,39-41,43-46,48-49,51-53H,3-13,15-26,28-38H2,1-2H3,(H,47,50)/b27-14+/t39-,40+,41-,43-,44?,45?,46-/m0/s1. The molecule has 1 amide bonds. The molecule has 9 nitrogen and oxygen atoms in total. The lowest BCUT2D eigenvalue weighted by molar-refractivity contribution is -0.302. The molecule has 0 radical (unpaired) electrons. The van der Waals surface area contributed by atoms with Crippen LogP contribution in [0, 0.1) is 0 Å². The third-order valence-corrected chi connectivity index (χ3v) is 11.4. The lowest BCUT2D eigenvalue weighted by atomic mass is 9.99. The van der Waals surface area contributed by atoms with Crippen LogP contribution >= 0.6 is 0 Å². The van der Waals surface area contributed by atoms with Gasteiger partial charge in [-0.25, -0.2) is 0 Å². The number of ether oxygens (including phenoxy) is 2. The number of rotatable bonds is 39. The first-order valence-electron chi connectivity index (χ1n) is 23.4. The second-order valence-electron chi connectivity index (χ2n) is 16.6. The molecule has 0 spiro atoms. The molecule has 55 heavy (non-hydrogen) atoms. The third-order valence-electron chi connectivity index (χ3n) is 11.4. The summed E-state index contributed by atoms with van der Waals surface area (Å²) in [6.45, 7) is 3.79. The third kappa shape index (κ3) is 28.1. The predicted molar refractivity (Wildman–Crippen MR) is 226 cm³/mol. The number of unbranched alkanes of at least 4 members (excludes halogenated alkanes) is 27. The minimum atomic E-state index is -1.55. The Morgan fingerprint density at radius 1 is 0.600 bits per heavy atom. The van der Waals surface area contributed by atoms with Crippen LogP contribution in [-0.2, 0) is 14.3 Å². The maximum absolute atomic E-state index is 12.9. The fourth-order valence-corrected chi connectivity index (χ4v) is 7.57. The molecule has 1 rings (SSSR count). The van der Waals surface area contributed by atoms with E-state index in [1.165, 1.54) is 148 Å². The molecule has 2 unspecified atom stereocenters. The SMILES string of the molecule is CCCCCC/C=C/CCCC[C@@H](O)[C@H](CO[C@H]1O[C@@H](CO)[C@H](O)C(O)C1O)NC(=O)CCCCCCCCCCCCCCCCCCCCCCCC. The molecule has 1 aliphatic heterocycles. The quantitative estimate of drug-likeness (QED) is 0.0267. The first-order valence-corrected chi connectivity index (χ1v) is 23.4. The Morgan fingerprint density at radius 2 is 1.02 bits per heavy atom. The summed E-state index contributed by atoms with van der Waals surface area (Å²) in [5.41, 5.74) is 0. The molecular weight excluding hydrogens is 695 g/mol. The highest BCUT2D eigenvalue weighted by Gasteiger charge is 2.44. The van der Waals surface area contributed by atoms with Crippen molar-refractivity contribution in [2.75, 3.05) is 13.2 Å². The van der Waals surface area contributed by atoms with Crippen molar-refractivity contribution in [1.29, 1.82) is 0 Å². The molecule has 9 heteroatoms. The van der Waals surface area contributed by atoms with Crippen molar-refractivity contribution in [3.63, 3.8) is 0 Å². The largest absolute Gasteiger partial charge is 0.394 e. The van der Waals surface area contributed by atoms with E-state index in [0.717, 1.165) is 44.9 Å². The van der Waals surface area contributed by atoms with E-state index in [9.17, 15) is 30.3 Å². The van der Waals surface area contributed by atoms with Gasteiger partial charge in [-0.3, -0.25) is 4.79 Å². The first-order chi connectivity index (χ1) is 26.8. The van der Waals surface area contributed by atoms with Crippen molar-refractivity contribution >= 4 is 5.91 Å². The van der Waals surface area contributed by atoms with Gasteiger partial charge in [-0.2, -0.15) is 0 Å². The molecule has 0 aliphatic carbocycles. The Morgan fingerprint density at radius 3 is 1.47 bits per heavy atom. The monoisotopic (exact) mass is 784 g/mol. The van der Waals surface area contributed by atoms with Crippen molar-refractivity contribution in [1.82, 2.24) is 5.32 Å². The van der Waals surface area contributed by atoms with Crippen molar-refractivity contribution < 1.29 is 39.8 Å². The highest BCUT2D eigenvalue weighted by atomic mass is 16.7. The number of carbonyl (C=O) groups is 1. The van der Waals surface area contributed by atoms with Crippen LogP contribution in [0.15, 0.2) is 12.2 Å². The molecule has 1 heterocycles. The van der Waals surface area contributed by atoms with Crippen LogP contribution in [0.4, 0.5) is 0 Å². The summed E-state index contributed by atoms with van der Waals surface area (Å²) >= 11 is 0. The van der Waals surface area contributed by atoms with Gasteiger partial charge in [0, 0.05) is 6.42 Å². The second-order valence-corrected chi connectivity index (χ2v) is 16.6. The van der Waals surface area contributed by atoms with E-state index < -0.39 is 49.5 Å². The highest BCUT2D eigenvalue weighted by molar-refractivity contribution is 5.76. The molecule has 0 saturated carbocycles. The van der Waals surface area contributed by atoms with Crippen LogP contribution in [0.5, 0.6) is 0 Å². The average Bonchev–Trinajstić information content (AvgIpc) is 3.18. The van der Waals surface area contributed by atoms with Gasteiger partial charge in [0.2, 0.25) is 5.91 Å². The molecule has 0 aromatic carbocycles. The number of amides is 1. The van der Waals surface area contributed by atoms with E-state index in [-0.39, 0.29) is 12.5 Å². The molecule has 1 saturated heterocycles. The fraction of sp³-hybridized carbons (Fsp3) is 0.935. The van der Waals surface area contributed by atoms with E-state index in [1.807, 2.05) is 0 Å². The lowest BCUT2D eigenvalue weighted by Crippen LogP contribution is -2.60. The average molecular weight is 784 g/mol. The number of hydrogen-bond donors (Lipinski definition) is 6. The van der Waals surface area contributed by atoms with E-state index in [1.54, 1.807) is 0 Å². The van der Waals surface area contributed by atoms with E-state index >= 15 is 0 Å². The van der Waals surface area contributed by atoms with Crippen molar-refractivity contribution in [2.45, 2.75) is 262 Å². The van der Waals surface area contributed by atoms with Crippen LogP contribution in [-0.4, -0.2) is 87.5 Å². The van der Waals surface area contributed by atoms with Gasteiger partial charge < -0.3 is 40.3 Å². The number of aliphatic hydroxyl groups is 5. The zero-order valence-electron chi connectivity index (χ0n) is 35.7. The molecule has 0 aromatic heterocycles. The Hall–Kier alpha value is -1.07. The number of hydrogen-bond acceptors (Lipinski definition) is 8. The summed E-state index contributed by atoms with van der Waals surface area (Å²) < 4.78 is 11.2. The van der Waals surface area contributed by atoms with Crippen molar-refractivity contribution in [3.05, 3.63) is 12.2 Å². The van der Waals surface area contributed by atoms with Gasteiger partial charge in [0.1, 0.15) is 24.4 Å². The van der Waals surface area contributed by atoms with E-state index in [2.05, 4.69) is 31.3 Å². The summed E-state index contributed by atoms with van der Waals surface area (Å²) in [6, 6.07) is -0.728. The smallest absolute Gasteiger partial charge is 0.220 e. The van der Waals surface area contributed by atoms with Gasteiger partial charge in [-0.05, 0) is 38.5 Å². The van der Waals surface area contributed by atoms with Crippen LogP contribution in [0.25, 0.3) is 0 Å². The Labute approximate surface area is 337 Å². The van der Waals surface area contributed by atoms with Crippen LogP contribution in [0.1, 0.15) is 219 Å². The summed E-state index contributed by atoms with van der Waals surface area (Å²) in [5.74, 6) is -0.152. The highest BCUT2D eigenvalue weighted by Crippen LogP contribution is 2.23. The Balaban J connectivity index is 2.23. The van der Waals surface area contributed by atoms with Crippen LogP contribution in [0.2, 0.25) is 0 Å². The van der Waals surface area contributed by atoms with Crippen LogP contribution in [0.3, 0.4) is 0 Å². The second kappa shape index (κ2) is 37.2. The van der Waals surface area contributed by atoms with Gasteiger partial charge in [-0.15, -0.1) is 0 Å². The fourth-order valence-electron chi connectivity index (χ4n) is 7.57. The number of carbonyl (C=O) groups excluding carboxylic acids is 1.